The lowest BCUT2D eigenvalue weighted by atomic mass is 9.95. The highest BCUT2D eigenvalue weighted by atomic mass is 16.5. The van der Waals surface area contributed by atoms with Crippen LogP contribution in [0.15, 0.2) is 0 Å². The Labute approximate surface area is 111 Å². The SMILES string of the molecule is CCCCCCOCCCCC(C)(NC)C(=O)O. The van der Waals surface area contributed by atoms with Gasteiger partial charge in [0.05, 0.1) is 0 Å². The van der Waals surface area contributed by atoms with Crippen molar-refractivity contribution < 1.29 is 14.6 Å². The van der Waals surface area contributed by atoms with Crippen LogP contribution in [-0.4, -0.2) is 36.9 Å². The van der Waals surface area contributed by atoms with E-state index in [0.717, 1.165) is 32.5 Å². The number of ether oxygens (including phenoxy) is 1. The van der Waals surface area contributed by atoms with Crippen molar-refractivity contribution in [2.24, 2.45) is 0 Å². The summed E-state index contributed by atoms with van der Waals surface area (Å²) in [6.45, 7) is 5.50. The Kier molecular flexibility index (Phi) is 9.98. The van der Waals surface area contributed by atoms with E-state index in [2.05, 4.69) is 12.2 Å². The topological polar surface area (TPSA) is 58.6 Å². The molecule has 0 aromatic heterocycles. The summed E-state index contributed by atoms with van der Waals surface area (Å²) in [4.78, 5) is 11.0. The molecule has 0 bridgehead atoms. The summed E-state index contributed by atoms with van der Waals surface area (Å²) in [5.74, 6) is -0.787. The molecule has 0 radical (unpaired) electrons. The highest BCUT2D eigenvalue weighted by Crippen LogP contribution is 2.13. The summed E-state index contributed by atoms with van der Waals surface area (Å²) >= 11 is 0. The van der Waals surface area contributed by atoms with Crippen molar-refractivity contribution >= 4 is 5.97 Å². The summed E-state index contributed by atoms with van der Waals surface area (Å²) < 4.78 is 5.52. The van der Waals surface area contributed by atoms with Gasteiger partial charge in [-0.3, -0.25) is 4.79 Å². The highest BCUT2D eigenvalue weighted by Gasteiger charge is 2.29. The quantitative estimate of drug-likeness (QED) is 0.529. The number of rotatable bonds is 12. The van der Waals surface area contributed by atoms with Crippen LogP contribution in [0, 0.1) is 0 Å². The normalized spacial score (nSPS) is 14.4. The molecule has 0 fully saturated rings. The third kappa shape index (κ3) is 7.67. The lowest BCUT2D eigenvalue weighted by Crippen LogP contribution is -2.47. The van der Waals surface area contributed by atoms with E-state index in [1.807, 2.05) is 0 Å². The lowest BCUT2D eigenvalue weighted by Gasteiger charge is -2.23. The number of carboxylic acids is 1. The average molecular weight is 259 g/mol. The summed E-state index contributed by atoms with van der Waals surface area (Å²) in [5, 5.41) is 11.9. The number of likely N-dealkylation sites (N-methyl/N-ethyl adjacent to an activating group) is 1. The van der Waals surface area contributed by atoms with E-state index in [0.29, 0.717) is 6.42 Å². The van der Waals surface area contributed by atoms with Gasteiger partial charge in [-0.15, -0.1) is 0 Å². The number of carboxylic acid groups (broad SMARTS) is 1. The lowest BCUT2D eigenvalue weighted by molar-refractivity contribution is -0.144. The summed E-state index contributed by atoms with van der Waals surface area (Å²) in [5.41, 5.74) is -0.804. The molecule has 0 aromatic carbocycles. The molecule has 0 aromatic rings. The molecule has 0 aliphatic heterocycles. The van der Waals surface area contributed by atoms with E-state index in [1.165, 1.54) is 19.3 Å². The van der Waals surface area contributed by atoms with Crippen molar-refractivity contribution in [3.63, 3.8) is 0 Å². The molecule has 1 unspecified atom stereocenters. The monoisotopic (exact) mass is 259 g/mol. The molecule has 0 aliphatic carbocycles. The minimum absolute atomic E-state index is 0.637. The van der Waals surface area contributed by atoms with E-state index < -0.39 is 11.5 Å². The summed E-state index contributed by atoms with van der Waals surface area (Å²) in [6.07, 6.45) is 7.35. The maximum Gasteiger partial charge on any atom is 0.323 e. The Hall–Kier alpha value is -0.610. The molecule has 0 saturated carbocycles. The second-order valence-electron chi connectivity index (χ2n) is 5.02. The smallest absolute Gasteiger partial charge is 0.323 e. The maximum absolute atomic E-state index is 11.0. The number of hydrogen-bond donors (Lipinski definition) is 2. The number of unbranched alkanes of at least 4 members (excludes halogenated alkanes) is 4. The first-order valence-corrected chi connectivity index (χ1v) is 7.07. The van der Waals surface area contributed by atoms with E-state index in [-0.39, 0.29) is 0 Å². The number of nitrogens with one attached hydrogen (secondary N) is 1. The molecule has 0 saturated heterocycles. The molecule has 0 rings (SSSR count). The van der Waals surface area contributed by atoms with Gasteiger partial charge in [-0.1, -0.05) is 26.2 Å². The van der Waals surface area contributed by atoms with Crippen molar-refractivity contribution in [3.8, 4) is 0 Å². The van der Waals surface area contributed by atoms with Crippen molar-refractivity contribution in [1.29, 1.82) is 0 Å². The highest BCUT2D eigenvalue weighted by molar-refractivity contribution is 5.78. The Morgan fingerprint density at radius 1 is 1.17 bits per heavy atom. The zero-order chi connectivity index (χ0) is 13.9. The van der Waals surface area contributed by atoms with Gasteiger partial charge in [0, 0.05) is 13.2 Å². The maximum atomic E-state index is 11.0. The first kappa shape index (κ1) is 17.4. The number of hydrogen-bond acceptors (Lipinski definition) is 3. The first-order chi connectivity index (χ1) is 8.56. The van der Waals surface area contributed by atoms with Crippen molar-refractivity contribution in [1.82, 2.24) is 5.32 Å². The molecule has 4 nitrogen and oxygen atoms in total. The van der Waals surface area contributed by atoms with Gasteiger partial charge in [-0.25, -0.2) is 0 Å². The fourth-order valence-corrected chi connectivity index (χ4v) is 1.75. The predicted octanol–water partition coefficient (Wildman–Crippen LogP) is 2.82. The van der Waals surface area contributed by atoms with Crippen molar-refractivity contribution in [2.45, 2.75) is 64.3 Å². The number of carbonyl (C=O) groups is 1. The Bertz CT molecular complexity index is 221. The Balaban J connectivity index is 3.42. The Morgan fingerprint density at radius 2 is 1.78 bits per heavy atom. The third-order valence-corrected chi connectivity index (χ3v) is 3.38. The van der Waals surface area contributed by atoms with Gasteiger partial charge in [-0.05, 0) is 39.7 Å². The van der Waals surface area contributed by atoms with E-state index in [9.17, 15) is 4.79 Å². The fourth-order valence-electron chi connectivity index (χ4n) is 1.75. The minimum Gasteiger partial charge on any atom is -0.480 e. The third-order valence-electron chi connectivity index (χ3n) is 3.38. The molecular weight excluding hydrogens is 230 g/mol. The molecular formula is C14H29NO3. The molecule has 0 amide bonds. The predicted molar refractivity (Wildman–Crippen MR) is 73.9 cm³/mol. The van der Waals surface area contributed by atoms with Crippen LogP contribution in [0.5, 0.6) is 0 Å². The van der Waals surface area contributed by atoms with Crippen LogP contribution in [-0.2, 0) is 9.53 Å². The van der Waals surface area contributed by atoms with Crippen LogP contribution in [0.3, 0.4) is 0 Å². The summed E-state index contributed by atoms with van der Waals surface area (Å²) in [7, 11) is 1.69. The van der Waals surface area contributed by atoms with Crippen LogP contribution in [0.4, 0.5) is 0 Å². The van der Waals surface area contributed by atoms with Gasteiger partial charge >= 0.3 is 5.97 Å². The van der Waals surface area contributed by atoms with Crippen LogP contribution in [0.1, 0.15) is 58.8 Å². The van der Waals surface area contributed by atoms with Crippen LogP contribution in [0.2, 0.25) is 0 Å². The van der Waals surface area contributed by atoms with Gasteiger partial charge in [0.2, 0.25) is 0 Å². The van der Waals surface area contributed by atoms with Crippen molar-refractivity contribution in [2.75, 3.05) is 20.3 Å². The molecule has 108 valence electrons. The number of aliphatic carboxylic acids is 1. The Morgan fingerprint density at radius 3 is 2.28 bits per heavy atom. The van der Waals surface area contributed by atoms with Gasteiger partial charge < -0.3 is 15.2 Å². The average Bonchev–Trinajstić information content (AvgIpc) is 2.36. The van der Waals surface area contributed by atoms with E-state index >= 15 is 0 Å². The molecule has 2 N–H and O–H groups in total. The second kappa shape index (κ2) is 10.3. The summed E-state index contributed by atoms with van der Waals surface area (Å²) in [6, 6.07) is 0. The molecule has 1 atom stereocenters. The molecule has 0 aliphatic rings. The van der Waals surface area contributed by atoms with Gasteiger partial charge in [0.15, 0.2) is 0 Å². The van der Waals surface area contributed by atoms with Crippen LogP contribution < -0.4 is 5.32 Å². The van der Waals surface area contributed by atoms with Crippen LogP contribution >= 0.6 is 0 Å². The molecule has 0 heterocycles. The van der Waals surface area contributed by atoms with Gasteiger partial charge in [0.1, 0.15) is 5.54 Å². The van der Waals surface area contributed by atoms with Crippen molar-refractivity contribution in [3.05, 3.63) is 0 Å². The fraction of sp³-hybridized carbons (Fsp3) is 0.929. The first-order valence-electron chi connectivity index (χ1n) is 7.07. The zero-order valence-electron chi connectivity index (χ0n) is 12.1. The molecule has 4 heteroatoms. The minimum atomic E-state index is -0.804. The largest absolute Gasteiger partial charge is 0.480 e. The molecule has 18 heavy (non-hydrogen) atoms. The zero-order valence-corrected chi connectivity index (χ0v) is 12.1. The van der Waals surface area contributed by atoms with Gasteiger partial charge in [0.25, 0.3) is 0 Å². The van der Waals surface area contributed by atoms with E-state index in [4.69, 9.17) is 9.84 Å². The standard InChI is InChI=1S/C14H29NO3/c1-4-5-6-8-11-18-12-9-7-10-14(2,15-3)13(16)17/h15H,4-12H2,1-3H3,(H,16,17). The van der Waals surface area contributed by atoms with E-state index in [1.54, 1.807) is 14.0 Å². The van der Waals surface area contributed by atoms with Gasteiger partial charge in [-0.2, -0.15) is 0 Å². The van der Waals surface area contributed by atoms with Crippen LogP contribution in [0.25, 0.3) is 0 Å². The molecule has 0 spiro atoms. The second-order valence-corrected chi connectivity index (χ2v) is 5.02.